The molecule has 0 aliphatic heterocycles. The van der Waals surface area contributed by atoms with Crippen molar-refractivity contribution < 1.29 is 9.53 Å². The normalized spacial score (nSPS) is 13.0. The third-order valence-corrected chi connectivity index (χ3v) is 3.46. The van der Waals surface area contributed by atoms with Crippen LogP contribution in [0.15, 0.2) is 42.9 Å². The predicted octanol–water partition coefficient (Wildman–Crippen LogP) is 3.10. The van der Waals surface area contributed by atoms with Crippen LogP contribution in [0, 0.1) is 11.8 Å². The van der Waals surface area contributed by atoms with E-state index in [-0.39, 0.29) is 24.5 Å². The zero-order chi connectivity index (χ0) is 15.9. The molecular weight excluding hydrogens is 276 g/mol. The minimum absolute atomic E-state index is 0.00303. The van der Waals surface area contributed by atoms with Crippen molar-refractivity contribution in [2.24, 2.45) is 0 Å². The molecule has 1 aromatic carbocycles. The Morgan fingerprint density at radius 1 is 1.32 bits per heavy atom. The molecule has 0 N–H and O–H groups in total. The van der Waals surface area contributed by atoms with E-state index in [0.29, 0.717) is 5.69 Å². The second-order valence-electron chi connectivity index (χ2n) is 5.04. The van der Waals surface area contributed by atoms with Gasteiger partial charge in [0.2, 0.25) is 5.78 Å². The van der Waals surface area contributed by atoms with E-state index in [9.17, 15) is 4.79 Å². The first kappa shape index (κ1) is 16.0. The second kappa shape index (κ2) is 7.58. The van der Waals surface area contributed by atoms with Crippen molar-refractivity contribution in [2.75, 3.05) is 6.61 Å². The third kappa shape index (κ3) is 3.84. The van der Waals surface area contributed by atoms with Gasteiger partial charge < -0.3 is 9.30 Å². The van der Waals surface area contributed by atoms with Crippen LogP contribution in [0.1, 0.15) is 42.9 Å². The van der Waals surface area contributed by atoms with Gasteiger partial charge in [0.1, 0.15) is 18.4 Å². The number of imidazole rings is 1. The molecule has 0 aliphatic rings. The van der Waals surface area contributed by atoms with Crippen LogP contribution >= 0.6 is 0 Å². The van der Waals surface area contributed by atoms with Crippen LogP contribution < -0.4 is 0 Å². The average Bonchev–Trinajstić information content (AvgIpc) is 3.02. The first-order valence-electron chi connectivity index (χ1n) is 7.27. The van der Waals surface area contributed by atoms with Crippen LogP contribution in [-0.4, -0.2) is 28.0 Å². The van der Waals surface area contributed by atoms with Crippen LogP contribution in [0.4, 0.5) is 0 Å². The van der Waals surface area contributed by atoms with Gasteiger partial charge in [-0.3, -0.25) is 4.79 Å². The summed E-state index contributed by atoms with van der Waals surface area (Å²) < 4.78 is 7.32. The van der Waals surface area contributed by atoms with Crippen LogP contribution in [-0.2, 0) is 4.74 Å². The number of hydrogen-bond acceptors (Lipinski definition) is 3. The van der Waals surface area contributed by atoms with Crippen LogP contribution in [0.25, 0.3) is 0 Å². The number of nitrogens with zero attached hydrogens (tertiary/aromatic N) is 2. The number of hydrogen-bond donors (Lipinski definition) is 0. The number of carbonyl (C=O) groups is 1. The Bertz CT molecular complexity index is 680. The molecule has 4 heteroatoms. The number of ether oxygens (including phenoxy) is 1. The van der Waals surface area contributed by atoms with Crippen molar-refractivity contribution in [1.29, 1.82) is 0 Å². The van der Waals surface area contributed by atoms with Crippen LogP contribution in [0.2, 0.25) is 0 Å². The Balaban J connectivity index is 2.11. The summed E-state index contributed by atoms with van der Waals surface area (Å²) in [5.41, 5.74) is 1.67. The van der Waals surface area contributed by atoms with Gasteiger partial charge in [0.05, 0.1) is 18.6 Å². The van der Waals surface area contributed by atoms with Crippen molar-refractivity contribution in [1.82, 2.24) is 9.55 Å². The minimum Gasteiger partial charge on any atom is -0.358 e. The molecule has 1 aromatic heterocycles. The highest BCUT2D eigenvalue weighted by molar-refractivity contribution is 5.95. The summed E-state index contributed by atoms with van der Waals surface area (Å²) >= 11 is 0. The van der Waals surface area contributed by atoms with Crippen LogP contribution in [0.3, 0.4) is 0 Å². The van der Waals surface area contributed by atoms with Crippen molar-refractivity contribution in [3.8, 4) is 11.8 Å². The SMILES string of the molecule is CC#CC(C)OCC(=O)c1cncn1[C@H](C)c1ccccc1. The summed E-state index contributed by atoms with van der Waals surface area (Å²) in [7, 11) is 0. The van der Waals surface area contributed by atoms with Gasteiger partial charge in [0, 0.05) is 0 Å². The van der Waals surface area contributed by atoms with E-state index in [0.717, 1.165) is 5.56 Å². The Labute approximate surface area is 131 Å². The fourth-order valence-electron chi connectivity index (χ4n) is 2.24. The lowest BCUT2D eigenvalue weighted by molar-refractivity contribution is 0.0669. The fourth-order valence-corrected chi connectivity index (χ4v) is 2.24. The van der Waals surface area contributed by atoms with Crippen LogP contribution in [0.5, 0.6) is 0 Å². The third-order valence-electron chi connectivity index (χ3n) is 3.46. The molecule has 4 nitrogen and oxygen atoms in total. The van der Waals surface area contributed by atoms with Gasteiger partial charge in [-0.1, -0.05) is 36.3 Å². The van der Waals surface area contributed by atoms with Crippen molar-refractivity contribution in [3.63, 3.8) is 0 Å². The second-order valence-corrected chi connectivity index (χ2v) is 5.04. The standard InChI is InChI=1S/C18H20N2O2/c1-4-8-14(2)22-12-18(21)17-11-19-13-20(17)15(3)16-9-6-5-7-10-16/h5-7,9-11,13-15H,12H2,1-3H3/t14?,15-/m1/s1. The molecule has 0 bridgehead atoms. The highest BCUT2D eigenvalue weighted by atomic mass is 16.5. The topological polar surface area (TPSA) is 44.1 Å². The molecule has 0 radical (unpaired) electrons. The monoisotopic (exact) mass is 296 g/mol. The van der Waals surface area contributed by atoms with E-state index < -0.39 is 0 Å². The number of Topliss-reactive ketones (excluding diaryl/α,β-unsaturated/α-hetero) is 1. The molecule has 1 unspecified atom stereocenters. The molecule has 0 spiro atoms. The highest BCUT2D eigenvalue weighted by Crippen LogP contribution is 2.19. The maximum Gasteiger partial charge on any atom is 0.206 e. The Morgan fingerprint density at radius 2 is 2.05 bits per heavy atom. The molecule has 0 fully saturated rings. The molecule has 2 aromatic rings. The van der Waals surface area contributed by atoms with Gasteiger partial charge in [-0.2, -0.15) is 0 Å². The van der Waals surface area contributed by atoms with E-state index in [1.165, 1.54) is 0 Å². The lowest BCUT2D eigenvalue weighted by Gasteiger charge is -2.16. The number of ketones is 1. The van der Waals surface area contributed by atoms with Gasteiger partial charge in [-0.25, -0.2) is 4.98 Å². The Morgan fingerprint density at radius 3 is 2.73 bits per heavy atom. The van der Waals surface area contributed by atoms with E-state index >= 15 is 0 Å². The quantitative estimate of drug-likeness (QED) is 0.608. The van der Waals surface area contributed by atoms with E-state index in [1.54, 1.807) is 19.4 Å². The summed E-state index contributed by atoms with van der Waals surface area (Å²) in [6, 6.07) is 10.1. The predicted molar refractivity (Wildman–Crippen MR) is 85.7 cm³/mol. The largest absolute Gasteiger partial charge is 0.358 e. The summed E-state index contributed by atoms with van der Waals surface area (Å²) in [6.45, 7) is 5.62. The molecule has 22 heavy (non-hydrogen) atoms. The molecule has 2 atom stereocenters. The van der Waals surface area contributed by atoms with Gasteiger partial charge in [0.25, 0.3) is 0 Å². The molecule has 2 rings (SSSR count). The molecular formula is C18H20N2O2. The average molecular weight is 296 g/mol. The zero-order valence-electron chi connectivity index (χ0n) is 13.1. The number of carbonyl (C=O) groups excluding carboxylic acids is 1. The smallest absolute Gasteiger partial charge is 0.206 e. The first-order valence-corrected chi connectivity index (χ1v) is 7.27. The molecule has 0 aliphatic carbocycles. The number of benzene rings is 1. The Kier molecular flexibility index (Phi) is 5.51. The van der Waals surface area contributed by atoms with Crippen molar-refractivity contribution in [3.05, 3.63) is 54.1 Å². The van der Waals surface area contributed by atoms with Gasteiger partial charge in [-0.05, 0) is 26.3 Å². The van der Waals surface area contributed by atoms with Gasteiger partial charge in [-0.15, -0.1) is 5.92 Å². The number of aromatic nitrogens is 2. The van der Waals surface area contributed by atoms with E-state index in [2.05, 4.69) is 16.8 Å². The van der Waals surface area contributed by atoms with Crippen molar-refractivity contribution >= 4 is 5.78 Å². The highest BCUT2D eigenvalue weighted by Gasteiger charge is 2.17. The molecule has 0 saturated carbocycles. The molecule has 114 valence electrons. The molecule has 0 saturated heterocycles. The molecule has 0 amide bonds. The zero-order valence-corrected chi connectivity index (χ0v) is 13.1. The van der Waals surface area contributed by atoms with Crippen molar-refractivity contribution in [2.45, 2.75) is 32.9 Å². The summed E-state index contributed by atoms with van der Waals surface area (Å²) in [5, 5.41) is 0. The maximum atomic E-state index is 12.3. The number of rotatable bonds is 6. The first-order chi connectivity index (χ1) is 10.6. The lowest BCUT2D eigenvalue weighted by atomic mass is 10.1. The minimum atomic E-state index is -0.253. The van der Waals surface area contributed by atoms with Gasteiger partial charge >= 0.3 is 0 Å². The fraction of sp³-hybridized carbons (Fsp3) is 0.333. The summed E-state index contributed by atoms with van der Waals surface area (Å²) in [5.74, 6) is 5.54. The summed E-state index contributed by atoms with van der Waals surface area (Å²) in [6.07, 6.45) is 3.01. The van der Waals surface area contributed by atoms with E-state index in [4.69, 9.17) is 4.74 Å². The molecule has 1 heterocycles. The Hall–Kier alpha value is -2.38. The summed E-state index contributed by atoms with van der Waals surface area (Å²) in [4.78, 5) is 16.4. The maximum absolute atomic E-state index is 12.3. The van der Waals surface area contributed by atoms with Gasteiger partial charge in [0.15, 0.2) is 0 Å². The van der Waals surface area contributed by atoms with E-state index in [1.807, 2.05) is 48.7 Å². The lowest BCUT2D eigenvalue weighted by Crippen LogP contribution is -2.19.